The Labute approximate surface area is 58.0 Å². The van der Waals surface area contributed by atoms with Crippen molar-refractivity contribution in [3.05, 3.63) is 0 Å². The lowest BCUT2D eigenvalue weighted by molar-refractivity contribution is -0.0784. The summed E-state index contributed by atoms with van der Waals surface area (Å²) >= 11 is 0. The summed E-state index contributed by atoms with van der Waals surface area (Å²) in [6.07, 6.45) is -1.00. The van der Waals surface area contributed by atoms with Crippen molar-refractivity contribution in [2.24, 2.45) is 5.84 Å². The molecule has 0 rings (SSSR count). The van der Waals surface area contributed by atoms with Crippen LogP contribution in [0, 0.1) is 0 Å². The second-order valence-corrected chi connectivity index (χ2v) is 1.45. The third-order valence-corrected chi connectivity index (χ3v) is 0.700. The van der Waals surface area contributed by atoms with Crippen molar-refractivity contribution in [2.45, 2.75) is 0 Å². The minimum Gasteiger partial charge on any atom is -0.444 e. The average Bonchev–Trinajstić information content (AvgIpc) is 1.88. The monoisotopic (exact) mass is 150 g/mol. The molecule has 0 aliphatic carbocycles. The predicted molar refractivity (Wildman–Crippen MR) is 31.0 cm³/mol. The Morgan fingerprint density at radius 3 is 2.70 bits per heavy atom. The van der Waals surface area contributed by atoms with Crippen LogP contribution >= 0.6 is 0 Å². The molecule has 0 saturated heterocycles. The van der Waals surface area contributed by atoms with Gasteiger partial charge in [-0.15, -0.1) is 5.17 Å². The van der Waals surface area contributed by atoms with Gasteiger partial charge >= 0.3 is 6.09 Å². The maximum absolute atomic E-state index is 10.3. The molecule has 6 nitrogen and oxygen atoms in total. The molecule has 0 saturated carbocycles. The van der Waals surface area contributed by atoms with E-state index in [1.54, 1.807) is 0 Å². The van der Waals surface area contributed by atoms with Crippen LogP contribution in [-0.2, 0) is 9.47 Å². The minimum atomic E-state index is -1.00. The lowest BCUT2D eigenvalue weighted by Gasteiger charge is -2.07. The van der Waals surface area contributed by atoms with E-state index in [4.69, 9.17) is 5.21 Å². The lowest BCUT2D eigenvalue weighted by atomic mass is 10.8. The molecule has 0 unspecified atom stereocenters. The number of nitrogens with zero attached hydrogens (tertiary/aromatic N) is 1. The van der Waals surface area contributed by atoms with Crippen molar-refractivity contribution in [2.75, 3.05) is 20.3 Å². The van der Waals surface area contributed by atoms with Gasteiger partial charge < -0.3 is 9.47 Å². The zero-order valence-electron chi connectivity index (χ0n) is 5.61. The molecule has 0 fully saturated rings. The van der Waals surface area contributed by atoms with E-state index in [0.717, 1.165) is 0 Å². The van der Waals surface area contributed by atoms with Gasteiger partial charge in [-0.05, 0) is 0 Å². The number of hydroxylamine groups is 1. The first-order chi connectivity index (χ1) is 4.68. The van der Waals surface area contributed by atoms with Crippen LogP contribution in [0.3, 0.4) is 0 Å². The Kier molecular flexibility index (Phi) is 4.55. The second-order valence-electron chi connectivity index (χ2n) is 1.45. The summed E-state index contributed by atoms with van der Waals surface area (Å²) in [6, 6.07) is 0. The second kappa shape index (κ2) is 4.98. The van der Waals surface area contributed by atoms with Crippen molar-refractivity contribution in [1.29, 1.82) is 0 Å². The van der Waals surface area contributed by atoms with Crippen molar-refractivity contribution in [3.63, 3.8) is 0 Å². The van der Waals surface area contributed by atoms with Crippen LogP contribution < -0.4 is 5.84 Å². The number of ether oxygens (including phenoxy) is 2. The summed E-state index contributed by atoms with van der Waals surface area (Å²) < 4.78 is 8.88. The van der Waals surface area contributed by atoms with E-state index in [0.29, 0.717) is 0 Å². The summed E-state index contributed by atoms with van der Waals surface area (Å²) in [7, 11) is 1.47. The van der Waals surface area contributed by atoms with Crippen LogP contribution in [0.4, 0.5) is 4.79 Å². The molecule has 0 bridgehead atoms. The molecule has 0 aliphatic rings. The normalized spacial score (nSPS) is 9.10. The number of hydrogen-bond donors (Lipinski definition) is 2. The fourth-order valence-corrected chi connectivity index (χ4v) is 0.278. The summed E-state index contributed by atoms with van der Waals surface area (Å²) in [5.41, 5.74) is 0. The highest BCUT2D eigenvalue weighted by Crippen LogP contribution is 1.81. The molecule has 3 N–H and O–H groups in total. The number of carbonyl (C=O) groups is 1. The molecule has 60 valence electrons. The van der Waals surface area contributed by atoms with Gasteiger partial charge in [0.2, 0.25) is 0 Å². The van der Waals surface area contributed by atoms with Crippen LogP contribution in [0.5, 0.6) is 0 Å². The molecule has 0 radical (unpaired) electrons. The molecule has 0 heterocycles. The first kappa shape index (κ1) is 9.15. The highest BCUT2D eigenvalue weighted by atomic mass is 16.6. The smallest absolute Gasteiger partial charge is 0.444 e. The Bertz CT molecular complexity index is 105. The quantitative estimate of drug-likeness (QED) is 0.183. The van der Waals surface area contributed by atoms with Gasteiger partial charge in [0.25, 0.3) is 0 Å². The highest BCUT2D eigenvalue weighted by molar-refractivity contribution is 5.65. The number of methoxy groups -OCH3 is 1. The number of amides is 1. The van der Waals surface area contributed by atoms with Gasteiger partial charge in [0.15, 0.2) is 0 Å². The molecule has 6 heteroatoms. The molecule has 0 aromatic carbocycles. The lowest BCUT2D eigenvalue weighted by Crippen LogP contribution is -2.34. The van der Waals surface area contributed by atoms with Crippen LogP contribution in [0.15, 0.2) is 0 Å². The molecular weight excluding hydrogens is 140 g/mol. The third-order valence-electron chi connectivity index (χ3n) is 0.700. The number of nitrogens with two attached hydrogens (primary N) is 1. The maximum atomic E-state index is 10.3. The van der Waals surface area contributed by atoms with E-state index in [1.165, 1.54) is 7.11 Å². The first-order valence-corrected chi connectivity index (χ1v) is 2.58. The summed E-state index contributed by atoms with van der Waals surface area (Å²) in [5, 5.41) is 8.09. The van der Waals surface area contributed by atoms with E-state index in [1.807, 2.05) is 0 Å². The van der Waals surface area contributed by atoms with E-state index in [9.17, 15) is 4.79 Å². The van der Waals surface area contributed by atoms with Crippen LogP contribution in [0.1, 0.15) is 0 Å². The minimum absolute atomic E-state index is 0.0730. The van der Waals surface area contributed by atoms with Gasteiger partial charge in [-0.25, -0.2) is 10.6 Å². The molecule has 10 heavy (non-hydrogen) atoms. The highest BCUT2D eigenvalue weighted by Gasteiger charge is 2.05. The molecule has 0 atom stereocenters. The number of hydrazine groups is 1. The van der Waals surface area contributed by atoms with Gasteiger partial charge in [-0.2, -0.15) is 0 Å². The molecule has 1 amide bonds. The van der Waals surface area contributed by atoms with Gasteiger partial charge in [0.1, 0.15) is 6.61 Å². The van der Waals surface area contributed by atoms with E-state index in [2.05, 4.69) is 15.3 Å². The fourth-order valence-electron chi connectivity index (χ4n) is 0.278. The van der Waals surface area contributed by atoms with Crippen LogP contribution in [-0.4, -0.2) is 36.8 Å². The van der Waals surface area contributed by atoms with Crippen LogP contribution in [0.25, 0.3) is 0 Å². The Balaban J connectivity index is 3.22. The first-order valence-electron chi connectivity index (χ1n) is 2.58. The van der Waals surface area contributed by atoms with Crippen molar-refractivity contribution < 1.29 is 19.5 Å². The number of hydrogen-bond acceptors (Lipinski definition) is 5. The fraction of sp³-hybridized carbons (Fsp3) is 0.750. The van der Waals surface area contributed by atoms with E-state index >= 15 is 0 Å². The van der Waals surface area contributed by atoms with Crippen molar-refractivity contribution >= 4 is 6.09 Å². The largest absolute Gasteiger partial charge is 0.449 e. The molecular formula is C4H10N2O4. The van der Waals surface area contributed by atoms with Gasteiger partial charge in [0.05, 0.1) is 6.61 Å². The SMILES string of the molecule is COCCOC(=O)N(N)O. The molecule has 0 spiro atoms. The Morgan fingerprint density at radius 2 is 2.30 bits per heavy atom. The maximum Gasteiger partial charge on any atom is 0.449 e. The Hall–Kier alpha value is -0.850. The van der Waals surface area contributed by atoms with Gasteiger partial charge in [-0.1, -0.05) is 0 Å². The zero-order valence-corrected chi connectivity index (χ0v) is 5.61. The Morgan fingerprint density at radius 1 is 1.70 bits per heavy atom. The molecule has 0 aromatic rings. The third kappa shape index (κ3) is 4.07. The zero-order chi connectivity index (χ0) is 7.98. The average molecular weight is 150 g/mol. The van der Waals surface area contributed by atoms with Gasteiger partial charge in [0, 0.05) is 7.11 Å². The van der Waals surface area contributed by atoms with Crippen LogP contribution in [0.2, 0.25) is 0 Å². The molecule has 0 aliphatic heterocycles. The van der Waals surface area contributed by atoms with Gasteiger partial charge in [-0.3, -0.25) is 5.21 Å². The van der Waals surface area contributed by atoms with Crippen molar-refractivity contribution in [1.82, 2.24) is 5.17 Å². The topological polar surface area (TPSA) is 85.0 Å². The van der Waals surface area contributed by atoms with E-state index < -0.39 is 6.09 Å². The standard InChI is InChI=1S/C4H10N2O4/c1-9-2-3-10-4(7)6(5)8/h8H,2-3,5H2,1H3. The number of rotatable bonds is 3. The predicted octanol–water partition coefficient (Wildman–Crippen LogP) is -0.666. The molecule has 0 aromatic heterocycles. The summed E-state index contributed by atoms with van der Waals surface area (Å²) in [5.74, 6) is 4.59. The summed E-state index contributed by atoms with van der Waals surface area (Å²) in [4.78, 5) is 10.3. The van der Waals surface area contributed by atoms with E-state index in [-0.39, 0.29) is 18.4 Å². The summed E-state index contributed by atoms with van der Waals surface area (Å²) in [6.45, 7) is 0.350. The number of carbonyl (C=O) groups excluding carboxylic acids is 1. The van der Waals surface area contributed by atoms with Crippen molar-refractivity contribution in [3.8, 4) is 0 Å².